The zero-order valence-corrected chi connectivity index (χ0v) is 19.4. The Kier molecular flexibility index (Phi) is 5.98. The number of aryl methyl sites for hydroxylation is 1. The molecule has 1 aromatic carbocycles. The fourth-order valence-electron chi connectivity index (χ4n) is 4.43. The van der Waals surface area contributed by atoms with E-state index in [1.165, 1.54) is 11.1 Å². The Labute approximate surface area is 197 Å². The van der Waals surface area contributed by atoms with E-state index >= 15 is 0 Å². The molecule has 2 aliphatic rings. The van der Waals surface area contributed by atoms with Crippen molar-refractivity contribution in [1.29, 1.82) is 0 Å². The third-order valence-electron chi connectivity index (χ3n) is 6.62. The van der Waals surface area contributed by atoms with Crippen molar-refractivity contribution in [1.82, 2.24) is 14.7 Å². The van der Waals surface area contributed by atoms with Gasteiger partial charge in [-0.15, -0.1) is 0 Å². The number of para-hydroxylation sites is 1. The van der Waals surface area contributed by atoms with Crippen molar-refractivity contribution in [2.75, 3.05) is 31.1 Å². The summed E-state index contributed by atoms with van der Waals surface area (Å²) in [6.45, 7) is 4.60. The van der Waals surface area contributed by atoms with Gasteiger partial charge >= 0.3 is 0 Å². The van der Waals surface area contributed by atoms with Crippen LogP contribution in [0, 0.1) is 5.92 Å². The molecule has 2 atom stereocenters. The summed E-state index contributed by atoms with van der Waals surface area (Å²) in [6.07, 6.45) is 3.87. The van der Waals surface area contributed by atoms with Crippen LogP contribution in [0.1, 0.15) is 37.2 Å². The van der Waals surface area contributed by atoms with E-state index < -0.39 is 0 Å². The van der Waals surface area contributed by atoms with Crippen molar-refractivity contribution >= 4 is 23.2 Å². The number of benzene rings is 1. The highest BCUT2D eigenvalue weighted by molar-refractivity contribution is 6.33. The number of amides is 1. The van der Waals surface area contributed by atoms with Crippen molar-refractivity contribution < 1.29 is 9.21 Å². The number of aromatic nitrogens is 2. The highest BCUT2D eigenvalue weighted by Crippen LogP contribution is 2.47. The summed E-state index contributed by atoms with van der Waals surface area (Å²) in [6, 6.07) is 13.2. The van der Waals surface area contributed by atoms with Crippen LogP contribution in [0.3, 0.4) is 0 Å². The maximum absolute atomic E-state index is 12.8. The van der Waals surface area contributed by atoms with Crippen LogP contribution in [0.15, 0.2) is 57.9 Å². The smallest absolute Gasteiger partial charge is 0.292 e. The van der Waals surface area contributed by atoms with Crippen LogP contribution in [0.4, 0.5) is 5.69 Å². The maximum atomic E-state index is 12.8. The van der Waals surface area contributed by atoms with Gasteiger partial charge in [-0.05, 0) is 36.6 Å². The van der Waals surface area contributed by atoms with Crippen LogP contribution in [0.25, 0.3) is 5.69 Å². The van der Waals surface area contributed by atoms with E-state index in [0.717, 1.165) is 11.5 Å². The summed E-state index contributed by atoms with van der Waals surface area (Å²) in [5.74, 6) is 3.32. The second-order valence-corrected chi connectivity index (χ2v) is 9.27. The first-order chi connectivity index (χ1) is 16.0. The molecule has 1 aliphatic carbocycles. The molecule has 0 N–H and O–H groups in total. The molecule has 1 aliphatic heterocycles. The molecular formula is C25H27ClN4O3. The Hall–Kier alpha value is -3.06. The summed E-state index contributed by atoms with van der Waals surface area (Å²) in [5.41, 5.74) is 0.928. The second-order valence-electron chi connectivity index (χ2n) is 8.89. The number of piperazine rings is 1. The number of rotatable bonds is 6. The van der Waals surface area contributed by atoms with E-state index in [0.29, 0.717) is 62.2 Å². The van der Waals surface area contributed by atoms with Crippen molar-refractivity contribution in [3.8, 4) is 5.69 Å². The number of carbonyl (C=O) groups is 1. The van der Waals surface area contributed by atoms with Gasteiger partial charge in [0, 0.05) is 44.9 Å². The van der Waals surface area contributed by atoms with E-state index in [-0.39, 0.29) is 16.5 Å². The van der Waals surface area contributed by atoms with E-state index in [1.54, 1.807) is 6.20 Å². The minimum absolute atomic E-state index is 0.121. The maximum Gasteiger partial charge on any atom is 0.292 e. The molecule has 3 aromatic rings. The fraction of sp³-hybridized carbons (Fsp3) is 0.400. The molecule has 2 aromatic heterocycles. The molecule has 3 heterocycles. The number of hydrogen-bond donors (Lipinski definition) is 0. The normalized spacial score (nSPS) is 20.2. The lowest BCUT2D eigenvalue weighted by molar-refractivity contribution is -0.131. The van der Waals surface area contributed by atoms with Gasteiger partial charge in [0.1, 0.15) is 16.5 Å². The molecule has 5 rings (SSSR count). The quantitative estimate of drug-likeness (QED) is 0.551. The van der Waals surface area contributed by atoms with Gasteiger partial charge in [0.05, 0.1) is 17.6 Å². The third kappa shape index (κ3) is 4.55. The molecule has 8 heteroatoms. The standard InChI is InChI=1S/C25H27ClN4O3/c1-17-15-20(17)22-9-7-19(33-22)8-10-23(31)29-13-11-28(12-14-29)21-16-27-30(25(32)24(21)26)18-5-3-2-4-6-18/h2-7,9,16-17,20H,8,10-15H2,1H3. The molecule has 2 fully saturated rings. The van der Waals surface area contributed by atoms with Gasteiger partial charge in [0.15, 0.2) is 0 Å². The van der Waals surface area contributed by atoms with Gasteiger partial charge in [-0.25, -0.2) is 0 Å². The number of furan rings is 1. The SMILES string of the molecule is CC1CC1c1ccc(CCC(=O)N2CCN(c3cnn(-c4ccccc4)c(=O)c3Cl)CC2)o1. The molecule has 172 valence electrons. The van der Waals surface area contributed by atoms with Crippen LogP contribution in [0.2, 0.25) is 5.02 Å². The fourth-order valence-corrected chi connectivity index (χ4v) is 4.68. The number of halogens is 1. The summed E-state index contributed by atoms with van der Waals surface area (Å²) in [5, 5.41) is 4.46. The molecular weight excluding hydrogens is 440 g/mol. The predicted octanol–water partition coefficient (Wildman–Crippen LogP) is 3.88. The summed E-state index contributed by atoms with van der Waals surface area (Å²) in [7, 11) is 0. The number of carbonyl (C=O) groups excluding carboxylic acids is 1. The predicted molar refractivity (Wildman–Crippen MR) is 127 cm³/mol. The van der Waals surface area contributed by atoms with Gasteiger partial charge in [0.2, 0.25) is 5.91 Å². The minimum Gasteiger partial charge on any atom is -0.466 e. The highest BCUT2D eigenvalue weighted by atomic mass is 35.5. The Morgan fingerprint density at radius 1 is 1.12 bits per heavy atom. The first-order valence-electron chi connectivity index (χ1n) is 11.5. The first-order valence-corrected chi connectivity index (χ1v) is 11.8. The molecule has 1 saturated carbocycles. The van der Waals surface area contributed by atoms with Crippen LogP contribution in [-0.4, -0.2) is 46.8 Å². The molecule has 0 bridgehead atoms. The van der Waals surface area contributed by atoms with Crippen LogP contribution >= 0.6 is 11.6 Å². The second kappa shape index (κ2) is 9.06. The Balaban J connectivity index is 1.17. The Bertz CT molecular complexity index is 1200. The van der Waals surface area contributed by atoms with E-state index in [1.807, 2.05) is 46.2 Å². The van der Waals surface area contributed by atoms with Gasteiger partial charge in [-0.3, -0.25) is 9.59 Å². The molecule has 2 unspecified atom stereocenters. The monoisotopic (exact) mass is 466 g/mol. The van der Waals surface area contributed by atoms with Crippen LogP contribution < -0.4 is 10.5 Å². The van der Waals surface area contributed by atoms with Gasteiger partial charge in [0.25, 0.3) is 5.56 Å². The van der Waals surface area contributed by atoms with Gasteiger partial charge in [-0.2, -0.15) is 9.78 Å². The number of hydrogen-bond acceptors (Lipinski definition) is 5. The summed E-state index contributed by atoms with van der Waals surface area (Å²) in [4.78, 5) is 29.4. The molecule has 1 saturated heterocycles. The molecule has 0 spiro atoms. The molecule has 7 nitrogen and oxygen atoms in total. The molecule has 0 radical (unpaired) electrons. The largest absolute Gasteiger partial charge is 0.466 e. The van der Waals surface area contributed by atoms with Gasteiger partial charge in [-0.1, -0.05) is 36.7 Å². The zero-order valence-electron chi connectivity index (χ0n) is 18.6. The lowest BCUT2D eigenvalue weighted by Gasteiger charge is -2.36. The van der Waals surface area contributed by atoms with Crippen molar-refractivity contribution in [3.05, 3.63) is 75.6 Å². The zero-order chi connectivity index (χ0) is 22.9. The Morgan fingerprint density at radius 3 is 2.55 bits per heavy atom. The van der Waals surface area contributed by atoms with E-state index in [2.05, 4.69) is 18.1 Å². The number of nitrogens with zero attached hydrogens (tertiary/aromatic N) is 4. The van der Waals surface area contributed by atoms with E-state index in [9.17, 15) is 9.59 Å². The lowest BCUT2D eigenvalue weighted by Crippen LogP contribution is -2.49. The molecule has 1 amide bonds. The molecule has 33 heavy (non-hydrogen) atoms. The highest BCUT2D eigenvalue weighted by Gasteiger charge is 2.36. The van der Waals surface area contributed by atoms with Crippen LogP contribution in [-0.2, 0) is 11.2 Å². The topological polar surface area (TPSA) is 71.6 Å². The van der Waals surface area contributed by atoms with Crippen LogP contribution in [0.5, 0.6) is 0 Å². The van der Waals surface area contributed by atoms with Crippen molar-refractivity contribution in [2.24, 2.45) is 5.92 Å². The third-order valence-corrected chi connectivity index (χ3v) is 6.97. The average molecular weight is 467 g/mol. The van der Waals surface area contributed by atoms with Crippen molar-refractivity contribution in [2.45, 2.75) is 32.1 Å². The van der Waals surface area contributed by atoms with Gasteiger partial charge < -0.3 is 14.2 Å². The first kappa shape index (κ1) is 21.8. The van der Waals surface area contributed by atoms with E-state index in [4.69, 9.17) is 16.0 Å². The van der Waals surface area contributed by atoms with Crippen molar-refractivity contribution in [3.63, 3.8) is 0 Å². The summed E-state index contributed by atoms with van der Waals surface area (Å²) < 4.78 is 7.23. The average Bonchev–Trinajstić information content (AvgIpc) is 3.38. The lowest BCUT2D eigenvalue weighted by atomic mass is 10.2. The number of anilines is 1. The summed E-state index contributed by atoms with van der Waals surface area (Å²) >= 11 is 6.43. The Morgan fingerprint density at radius 2 is 1.85 bits per heavy atom. The minimum atomic E-state index is -0.350.